The van der Waals surface area contributed by atoms with Crippen molar-refractivity contribution >= 4 is 5.96 Å². The van der Waals surface area contributed by atoms with Crippen molar-refractivity contribution in [1.29, 1.82) is 0 Å². The molecule has 5 nitrogen and oxygen atoms in total. The third-order valence-electron chi connectivity index (χ3n) is 2.24. The second-order valence-corrected chi connectivity index (χ2v) is 3.35. The van der Waals surface area contributed by atoms with Gasteiger partial charge in [0, 0.05) is 6.42 Å². The Morgan fingerprint density at radius 2 is 2.00 bits per heavy atom. The van der Waals surface area contributed by atoms with E-state index in [0.717, 1.165) is 39.3 Å². The molecule has 6 N–H and O–H groups in total. The quantitative estimate of drug-likeness (QED) is 0.204. The van der Waals surface area contributed by atoms with E-state index in [-0.39, 0.29) is 0 Å². The number of nitrogens with one attached hydrogen (secondary N) is 2. The Morgan fingerprint density at radius 3 is 2.62 bits per heavy atom. The number of ether oxygens (including phenoxy) is 1. The van der Waals surface area contributed by atoms with Crippen LogP contribution in [-0.4, -0.2) is 45.4 Å². The van der Waals surface area contributed by atoms with Crippen LogP contribution in [0.5, 0.6) is 0 Å². The molecule has 0 aromatic rings. The predicted molar refractivity (Wildman–Crippen MR) is 50.2 cm³/mol. The van der Waals surface area contributed by atoms with Crippen LogP contribution in [0.3, 0.4) is 0 Å². The number of guanidine groups is 1. The summed E-state index contributed by atoms with van der Waals surface area (Å²) >= 11 is 0. The lowest BCUT2D eigenvalue weighted by atomic mass is 10.3. The van der Waals surface area contributed by atoms with E-state index in [0.29, 0.717) is 5.96 Å². The number of hydrogen-bond acceptors (Lipinski definition) is 1. The molecule has 1 heterocycles. The third-order valence-corrected chi connectivity index (χ3v) is 2.24. The maximum absolute atomic E-state index is 5.27. The van der Waals surface area contributed by atoms with Crippen LogP contribution >= 0.6 is 0 Å². The maximum atomic E-state index is 5.27. The fraction of sp³-hybridized carbons (Fsp3) is 0.875. The summed E-state index contributed by atoms with van der Waals surface area (Å²) in [5.41, 5.74) is 10.5. The monoisotopic (exact) mass is 188 g/mol. The average Bonchev–Trinajstić information content (AvgIpc) is 2.14. The van der Waals surface area contributed by atoms with Gasteiger partial charge < -0.3 is 9.64 Å². The fourth-order valence-electron chi connectivity index (χ4n) is 1.48. The number of morpholine rings is 1. The van der Waals surface area contributed by atoms with Gasteiger partial charge in [-0.3, -0.25) is 16.5 Å². The molecule has 5 heteroatoms. The Hall–Kier alpha value is -0.810. The number of rotatable bonds is 4. The summed E-state index contributed by atoms with van der Waals surface area (Å²) in [6.07, 6.45) is 1.10. The van der Waals surface area contributed by atoms with Gasteiger partial charge in [-0.1, -0.05) is 0 Å². The van der Waals surface area contributed by atoms with Gasteiger partial charge >= 0.3 is 5.96 Å². The van der Waals surface area contributed by atoms with Gasteiger partial charge in [-0.2, -0.15) is 0 Å². The standard InChI is InChI=1S/C8H18N4O/c9-8(10)11-2-1-3-12-4-6-13-7-5-12/h1-7H2,(H4,9,10,11)/p+2. The van der Waals surface area contributed by atoms with Crippen LogP contribution in [0.2, 0.25) is 0 Å². The van der Waals surface area contributed by atoms with Crippen LogP contribution in [-0.2, 0) is 4.74 Å². The zero-order valence-corrected chi connectivity index (χ0v) is 8.01. The highest BCUT2D eigenvalue weighted by Gasteiger charge is 2.12. The molecule has 0 radical (unpaired) electrons. The Balaban J connectivity index is 2.01. The molecule has 0 bridgehead atoms. The van der Waals surface area contributed by atoms with E-state index in [1.54, 1.807) is 4.90 Å². The number of quaternary nitrogens is 1. The van der Waals surface area contributed by atoms with Crippen molar-refractivity contribution in [3.8, 4) is 0 Å². The van der Waals surface area contributed by atoms with Gasteiger partial charge in [0.15, 0.2) is 0 Å². The van der Waals surface area contributed by atoms with Gasteiger partial charge in [0.2, 0.25) is 0 Å². The maximum Gasteiger partial charge on any atom is 0.338 e. The number of hydrogen-bond donors (Lipinski definition) is 4. The van der Waals surface area contributed by atoms with Crippen LogP contribution in [0, 0.1) is 0 Å². The van der Waals surface area contributed by atoms with Crippen molar-refractivity contribution in [2.75, 3.05) is 39.4 Å². The van der Waals surface area contributed by atoms with Crippen molar-refractivity contribution in [2.45, 2.75) is 6.42 Å². The molecule has 0 aliphatic carbocycles. The SMILES string of the molecule is NC(N)=[NH+]CCC[NH+]1CCOCC1. The first-order valence-corrected chi connectivity index (χ1v) is 4.82. The van der Waals surface area contributed by atoms with E-state index < -0.39 is 0 Å². The Kier molecular flexibility index (Phi) is 4.56. The minimum absolute atomic E-state index is 0.317. The van der Waals surface area contributed by atoms with Crippen molar-refractivity contribution in [2.24, 2.45) is 11.5 Å². The summed E-state index contributed by atoms with van der Waals surface area (Å²) < 4.78 is 5.26. The summed E-state index contributed by atoms with van der Waals surface area (Å²) in [6.45, 7) is 6.09. The lowest BCUT2D eigenvalue weighted by Gasteiger charge is -2.23. The summed E-state index contributed by atoms with van der Waals surface area (Å²) in [5.74, 6) is 0.317. The molecule has 0 saturated carbocycles. The number of nitrogens with two attached hydrogens (primary N) is 2. The minimum Gasteiger partial charge on any atom is -0.370 e. The molecule has 0 atom stereocenters. The van der Waals surface area contributed by atoms with Gasteiger partial charge in [0.25, 0.3) is 0 Å². The van der Waals surface area contributed by atoms with Gasteiger partial charge in [-0.15, -0.1) is 0 Å². The summed E-state index contributed by atoms with van der Waals surface area (Å²) in [5, 5.41) is 0. The Bertz CT molecular complexity index is 162. The first kappa shape index (κ1) is 10.3. The lowest BCUT2D eigenvalue weighted by molar-refractivity contribution is -0.908. The molecule has 13 heavy (non-hydrogen) atoms. The highest BCUT2D eigenvalue weighted by atomic mass is 16.5. The topological polar surface area (TPSA) is 79.7 Å². The van der Waals surface area contributed by atoms with Crippen LogP contribution in [0.1, 0.15) is 6.42 Å². The summed E-state index contributed by atoms with van der Waals surface area (Å²) in [7, 11) is 0. The predicted octanol–water partition coefficient (Wildman–Crippen LogP) is -4.35. The molecule has 1 fully saturated rings. The molecular formula is C8H20N4O+2. The van der Waals surface area contributed by atoms with Crippen molar-refractivity contribution < 1.29 is 14.6 Å². The smallest absolute Gasteiger partial charge is 0.338 e. The zero-order valence-electron chi connectivity index (χ0n) is 8.01. The van der Waals surface area contributed by atoms with E-state index in [9.17, 15) is 0 Å². The van der Waals surface area contributed by atoms with Crippen molar-refractivity contribution in [1.82, 2.24) is 0 Å². The second-order valence-electron chi connectivity index (χ2n) is 3.35. The molecule has 76 valence electrons. The molecule has 0 amide bonds. The van der Waals surface area contributed by atoms with Gasteiger partial charge in [0.05, 0.1) is 26.3 Å². The molecule has 0 aromatic carbocycles. The summed E-state index contributed by atoms with van der Waals surface area (Å²) in [6, 6.07) is 0. The summed E-state index contributed by atoms with van der Waals surface area (Å²) in [4.78, 5) is 4.53. The molecule has 0 aromatic heterocycles. The first-order valence-electron chi connectivity index (χ1n) is 4.82. The Morgan fingerprint density at radius 1 is 1.31 bits per heavy atom. The minimum atomic E-state index is 0.317. The second kappa shape index (κ2) is 5.77. The van der Waals surface area contributed by atoms with Crippen LogP contribution in [0.4, 0.5) is 0 Å². The zero-order chi connectivity index (χ0) is 9.52. The van der Waals surface area contributed by atoms with Crippen molar-refractivity contribution in [3.63, 3.8) is 0 Å². The molecule has 0 spiro atoms. The molecule has 1 aliphatic heterocycles. The molecule has 0 unspecified atom stereocenters. The van der Waals surface area contributed by atoms with Crippen LogP contribution in [0.25, 0.3) is 0 Å². The van der Waals surface area contributed by atoms with Crippen molar-refractivity contribution in [3.05, 3.63) is 0 Å². The van der Waals surface area contributed by atoms with E-state index in [1.807, 2.05) is 0 Å². The van der Waals surface area contributed by atoms with Crippen LogP contribution in [0.15, 0.2) is 0 Å². The molecule has 1 aliphatic rings. The van der Waals surface area contributed by atoms with E-state index in [1.165, 1.54) is 6.54 Å². The highest BCUT2D eigenvalue weighted by molar-refractivity contribution is 5.69. The van der Waals surface area contributed by atoms with Gasteiger partial charge in [-0.25, -0.2) is 0 Å². The van der Waals surface area contributed by atoms with E-state index >= 15 is 0 Å². The van der Waals surface area contributed by atoms with E-state index in [4.69, 9.17) is 16.2 Å². The highest BCUT2D eigenvalue weighted by Crippen LogP contribution is 1.75. The largest absolute Gasteiger partial charge is 0.370 e. The lowest BCUT2D eigenvalue weighted by Crippen LogP contribution is -3.14. The first-order chi connectivity index (χ1) is 6.29. The third kappa shape index (κ3) is 4.69. The van der Waals surface area contributed by atoms with E-state index in [2.05, 4.69) is 4.99 Å². The average molecular weight is 188 g/mol. The molecule has 1 saturated heterocycles. The van der Waals surface area contributed by atoms with Gasteiger partial charge in [0.1, 0.15) is 13.1 Å². The fourth-order valence-corrected chi connectivity index (χ4v) is 1.48. The Labute approximate surface area is 78.7 Å². The normalized spacial score (nSPS) is 18.5. The van der Waals surface area contributed by atoms with Gasteiger partial charge in [-0.05, 0) is 0 Å². The molecular weight excluding hydrogens is 168 g/mol. The molecule has 1 rings (SSSR count). The van der Waals surface area contributed by atoms with Crippen LogP contribution < -0.4 is 21.4 Å².